The molecule has 1 aliphatic rings. The molecule has 82 valence electrons. The number of hydrogen-bond donors (Lipinski definition) is 1. The van der Waals surface area contributed by atoms with E-state index in [0.29, 0.717) is 11.6 Å². The minimum atomic E-state index is 0.489. The second-order valence-corrected chi connectivity index (χ2v) is 4.60. The zero-order valence-electron chi connectivity index (χ0n) is 8.91. The standard InChI is InChI=1S/C11H16ClN3/c1-8-2-3-15(7-8)11-10(12)4-9(5-13)6-14-11/h4,6,8H,2-3,5,7,13H2,1H3. The summed E-state index contributed by atoms with van der Waals surface area (Å²) in [4.78, 5) is 6.62. The van der Waals surface area contributed by atoms with Crippen molar-refractivity contribution in [1.82, 2.24) is 4.98 Å². The monoisotopic (exact) mass is 225 g/mol. The van der Waals surface area contributed by atoms with Crippen LogP contribution in [-0.4, -0.2) is 18.1 Å². The van der Waals surface area contributed by atoms with Crippen LogP contribution < -0.4 is 10.6 Å². The van der Waals surface area contributed by atoms with Crippen molar-refractivity contribution in [2.75, 3.05) is 18.0 Å². The van der Waals surface area contributed by atoms with Crippen LogP contribution in [0, 0.1) is 5.92 Å². The van der Waals surface area contributed by atoms with Gasteiger partial charge in [0.1, 0.15) is 5.82 Å². The van der Waals surface area contributed by atoms with Crippen molar-refractivity contribution < 1.29 is 0 Å². The van der Waals surface area contributed by atoms with Gasteiger partial charge in [0.2, 0.25) is 0 Å². The van der Waals surface area contributed by atoms with E-state index in [1.165, 1.54) is 6.42 Å². The SMILES string of the molecule is CC1CCN(c2ncc(CN)cc2Cl)C1. The lowest BCUT2D eigenvalue weighted by molar-refractivity contribution is 0.659. The fraction of sp³-hybridized carbons (Fsp3) is 0.545. The number of pyridine rings is 1. The van der Waals surface area contributed by atoms with E-state index in [-0.39, 0.29) is 0 Å². The maximum atomic E-state index is 6.18. The van der Waals surface area contributed by atoms with Crippen molar-refractivity contribution in [3.8, 4) is 0 Å². The maximum Gasteiger partial charge on any atom is 0.147 e. The lowest BCUT2D eigenvalue weighted by atomic mass is 10.2. The Bertz CT molecular complexity index is 354. The molecule has 15 heavy (non-hydrogen) atoms. The van der Waals surface area contributed by atoms with Gasteiger partial charge in [0.25, 0.3) is 0 Å². The largest absolute Gasteiger partial charge is 0.355 e. The van der Waals surface area contributed by atoms with Crippen LogP contribution >= 0.6 is 11.6 Å². The average molecular weight is 226 g/mol. The fourth-order valence-corrected chi connectivity index (χ4v) is 2.25. The normalized spacial score (nSPS) is 21.0. The summed E-state index contributed by atoms with van der Waals surface area (Å²) in [6.07, 6.45) is 3.03. The van der Waals surface area contributed by atoms with Crippen molar-refractivity contribution in [3.05, 3.63) is 22.8 Å². The van der Waals surface area contributed by atoms with E-state index in [1.54, 1.807) is 0 Å². The Morgan fingerprint density at radius 3 is 3.00 bits per heavy atom. The highest BCUT2D eigenvalue weighted by Gasteiger charge is 2.21. The molecule has 1 fully saturated rings. The van der Waals surface area contributed by atoms with Gasteiger partial charge in [-0.3, -0.25) is 0 Å². The van der Waals surface area contributed by atoms with Gasteiger partial charge in [-0.15, -0.1) is 0 Å². The summed E-state index contributed by atoms with van der Waals surface area (Å²) in [6, 6.07) is 1.91. The smallest absolute Gasteiger partial charge is 0.147 e. The first-order chi connectivity index (χ1) is 7.20. The van der Waals surface area contributed by atoms with Crippen LogP contribution in [0.2, 0.25) is 5.02 Å². The summed E-state index contributed by atoms with van der Waals surface area (Å²) in [5.74, 6) is 1.63. The molecule has 2 N–H and O–H groups in total. The quantitative estimate of drug-likeness (QED) is 0.838. The molecule has 1 aromatic heterocycles. The van der Waals surface area contributed by atoms with Crippen LogP contribution in [0.25, 0.3) is 0 Å². The van der Waals surface area contributed by atoms with Crippen LogP contribution in [0.1, 0.15) is 18.9 Å². The molecule has 1 aromatic rings. The van der Waals surface area contributed by atoms with E-state index in [1.807, 2.05) is 12.3 Å². The van der Waals surface area contributed by atoms with Crippen molar-refractivity contribution in [2.24, 2.45) is 11.7 Å². The second kappa shape index (κ2) is 4.37. The van der Waals surface area contributed by atoms with Crippen LogP contribution in [0.15, 0.2) is 12.3 Å². The number of halogens is 1. The van der Waals surface area contributed by atoms with Crippen molar-refractivity contribution in [2.45, 2.75) is 19.9 Å². The minimum Gasteiger partial charge on any atom is -0.355 e. The molecule has 4 heteroatoms. The first-order valence-corrected chi connectivity index (χ1v) is 5.68. The zero-order chi connectivity index (χ0) is 10.8. The van der Waals surface area contributed by atoms with Crippen molar-refractivity contribution in [1.29, 1.82) is 0 Å². The highest BCUT2D eigenvalue weighted by molar-refractivity contribution is 6.33. The highest BCUT2D eigenvalue weighted by atomic mass is 35.5. The van der Waals surface area contributed by atoms with Crippen molar-refractivity contribution in [3.63, 3.8) is 0 Å². The fourth-order valence-electron chi connectivity index (χ4n) is 1.94. The molecule has 1 aliphatic heterocycles. The Hall–Kier alpha value is -0.800. The molecular weight excluding hydrogens is 210 g/mol. The van der Waals surface area contributed by atoms with Gasteiger partial charge < -0.3 is 10.6 Å². The Morgan fingerprint density at radius 2 is 2.47 bits per heavy atom. The summed E-state index contributed by atoms with van der Waals surface area (Å²) < 4.78 is 0. The molecule has 0 aromatic carbocycles. The summed E-state index contributed by atoms with van der Waals surface area (Å²) >= 11 is 6.18. The molecule has 3 nitrogen and oxygen atoms in total. The topological polar surface area (TPSA) is 42.2 Å². The minimum absolute atomic E-state index is 0.489. The molecule has 0 bridgehead atoms. The molecule has 1 atom stereocenters. The molecule has 0 aliphatic carbocycles. The van der Waals surface area contributed by atoms with Crippen LogP contribution in [-0.2, 0) is 6.54 Å². The van der Waals surface area contributed by atoms with E-state index >= 15 is 0 Å². The van der Waals surface area contributed by atoms with Gasteiger partial charge in [-0.2, -0.15) is 0 Å². The maximum absolute atomic E-state index is 6.18. The molecule has 0 spiro atoms. The second-order valence-electron chi connectivity index (χ2n) is 4.19. The predicted molar refractivity (Wildman–Crippen MR) is 63.1 cm³/mol. The van der Waals surface area contributed by atoms with Gasteiger partial charge in [0, 0.05) is 25.8 Å². The number of hydrogen-bond acceptors (Lipinski definition) is 3. The zero-order valence-corrected chi connectivity index (χ0v) is 9.67. The number of aromatic nitrogens is 1. The van der Waals surface area contributed by atoms with E-state index in [0.717, 1.165) is 30.4 Å². The molecular formula is C11H16ClN3. The average Bonchev–Trinajstić information content (AvgIpc) is 2.64. The third-order valence-electron chi connectivity index (χ3n) is 2.84. The lowest BCUT2D eigenvalue weighted by Crippen LogP contribution is -2.20. The molecule has 2 rings (SSSR count). The molecule has 0 radical (unpaired) electrons. The first kappa shape index (κ1) is 10.7. The third-order valence-corrected chi connectivity index (χ3v) is 3.12. The number of rotatable bonds is 2. The summed E-state index contributed by atoms with van der Waals surface area (Å²) in [5, 5.41) is 0.715. The van der Waals surface area contributed by atoms with Crippen molar-refractivity contribution >= 4 is 17.4 Å². The molecule has 2 heterocycles. The Labute approximate surface area is 95.2 Å². The van der Waals surface area contributed by atoms with E-state index in [2.05, 4.69) is 16.8 Å². The molecule has 0 amide bonds. The van der Waals surface area contributed by atoms with Gasteiger partial charge in [-0.1, -0.05) is 18.5 Å². The Kier molecular flexibility index (Phi) is 3.12. The van der Waals surface area contributed by atoms with Gasteiger partial charge in [-0.25, -0.2) is 4.98 Å². The Morgan fingerprint density at radius 1 is 1.67 bits per heavy atom. The summed E-state index contributed by atoms with van der Waals surface area (Å²) in [5.41, 5.74) is 6.51. The number of anilines is 1. The van der Waals surface area contributed by atoms with Crippen LogP contribution in [0.3, 0.4) is 0 Å². The molecule has 1 unspecified atom stereocenters. The number of nitrogens with zero attached hydrogens (tertiary/aromatic N) is 2. The van der Waals surface area contributed by atoms with Crippen LogP contribution in [0.5, 0.6) is 0 Å². The highest BCUT2D eigenvalue weighted by Crippen LogP contribution is 2.28. The lowest BCUT2D eigenvalue weighted by Gasteiger charge is -2.18. The van der Waals surface area contributed by atoms with Crippen LogP contribution in [0.4, 0.5) is 5.82 Å². The van der Waals surface area contributed by atoms with Gasteiger partial charge in [0.15, 0.2) is 0 Å². The Balaban J connectivity index is 2.21. The van der Waals surface area contributed by atoms with E-state index in [9.17, 15) is 0 Å². The molecule has 1 saturated heterocycles. The van der Waals surface area contributed by atoms with E-state index in [4.69, 9.17) is 17.3 Å². The summed E-state index contributed by atoms with van der Waals surface area (Å²) in [7, 11) is 0. The van der Waals surface area contributed by atoms with Gasteiger partial charge >= 0.3 is 0 Å². The number of nitrogens with two attached hydrogens (primary N) is 1. The molecule has 0 saturated carbocycles. The predicted octanol–water partition coefficient (Wildman–Crippen LogP) is 2.04. The van der Waals surface area contributed by atoms with Gasteiger partial charge in [-0.05, 0) is 24.0 Å². The first-order valence-electron chi connectivity index (χ1n) is 5.30. The van der Waals surface area contributed by atoms with Gasteiger partial charge in [0.05, 0.1) is 5.02 Å². The van der Waals surface area contributed by atoms with E-state index < -0.39 is 0 Å². The third kappa shape index (κ3) is 2.24. The summed E-state index contributed by atoms with van der Waals surface area (Å²) in [6.45, 7) is 4.84.